The van der Waals surface area contributed by atoms with Crippen LogP contribution in [0.2, 0.25) is 0 Å². The van der Waals surface area contributed by atoms with Crippen LogP contribution in [0.15, 0.2) is 6.07 Å². The molecule has 0 radical (unpaired) electrons. The second-order valence-electron chi connectivity index (χ2n) is 5.38. The molecular formula is C15H26N2O. The molecule has 3 heteroatoms. The Morgan fingerprint density at radius 3 is 2.50 bits per heavy atom. The van der Waals surface area contributed by atoms with E-state index >= 15 is 0 Å². The van der Waals surface area contributed by atoms with E-state index < -0.39 is 0 Å². The largest absolute Gasteiger partial charge is 0.348 e. The van der Waals surface area contributed by atoms with Gasteiger partial charge in [0.1, 0.15) is 0 Å². The molecule has 0 saturated carbocycles. The number of carbonyl (C=O) groups excluding carboxylic acids is 1. The van der Waals surface area contributed by atoms with E-state index in [-0.39, 0.29) is 0 Å². The molecule has 0 aliphatic heterocycles. The Morgan fingerprint density at radius 2 is 2.00 bits per heavy atom. The minimum absolute atomic E-state index is 0.613. The first-order chi connectivity index (χ1) is 8.47. The predicted octanol–water partition coefficient (Wildman–Crippen LogP) is 3.04. The molecule has 3 nitrogen and oxygen atoms in total. The second kappa shape index (κ2) is 6.74. The van der Waals surface area contributed by atoms with Gasteiger partial charge in [0.05, 0.1) is 0 Å². The minimum Gasteiger partial charge on any atom is -0.348 e. The van der Waals surface area contributed by atoms with Gasteiger partial charge >= 0.3 is 0 Å². The third-order valence-electron chi connectivity index (χ3n) is 3.76. The normalized spacial score (nSPS) is 11.5. The Balaban J connectivity index is 2.45. The maximum Gasteiger partial charge on any atom is 0.151 e. The molecule has 0 unspecified atom stereocenters. The summed E-state index contributed by atoms with van der Waals surface area (Å²) in [5, 5.41) is 0. The fourth-order valence-electron chi connectivity index (χ4n) is 2.18. The van der Waals surface area contributed by atoms with Gasteiger partial charge in [-0.1, -0.05) is 0 Å². The lowest BCUT2D eigenvalue weighted by Crippen LogP contribution is -2.27. The fourth-order valence-corrected chi connectivity index (χ4v) is 2.18. The van der Waals surface area contributed by atoms with Crippen molar-refractivity contribution < 1.29 is 4.79 Å². The van der Waals surface area contributed by atoms with Crippen molar-refractivity contribution in [2.45, 2.75) is 53.1 Å². The zero-order valence-electron chi connectivity index (χ0n) is 12.4. The molecule has 0 atom stereocenters. The lowest BCUT2D eigenvalue weighted by molar-refractivity contribution is 0.112. The van der Waals surface area contributed by atoms with Crippen LogP contribution in [-0.4, -0.2) is 35.4 Å². The molecule has 1 aromatic heterocycles. The molecule has 1 heterocycles. The summed E-state index contributed by atoms with van der Waals surface area (Å²) in [6.07, 6.45) is 3.30. The number of aryl methyl sites for hydroxylation is 1. The van der Waals surface area contributed by atoms with Crippen LogP contribution in [0.5, 0.6) is 0 Å². The number of carbonyl (C=O) groups is 1. The van der Waals surface area contributed by atoms with Crippen molar-refractivity contribution in [3.05, 3.63) is 23.0 Å². The lowest BCUT2D eigenvalue weighted by atomic mass is 10.2. The fraction of sp³-hybridized carbons (Fsp3) is 0.667. The van der Waals surface area contributed by atoms with E-state index in [1.54, 1.807) is 0 Å². The van der Waals surface area contributed by atoms with Gasteiger partial charge in [-0.25, -0.2) is 0 Å². The first-order valence-corrected chi connectivity index (χ1v) is 6.79. The third kappa shape index (κ3) is 3.70. The van der Waals surface area contributed by atoms with Crippen molar-refractivity contribution in [2.75, 3.05) is 13.6 Å². The van der Waals surface area contributed by atoms with Crippen molar-refractivity contribution >= 4 is 6.29 Å². The Kier molecular flexibility index (Phi) is 5.60. The van der Waals surface area contributed by atoms with Crippen molar-refractivity contribution in [3.63, 3.8) is 0 Å². The van der Waals surface area contributed by atoms with Gasteiger partial charge in [0.25, 0.3) is 0 Å². The molecule has 102 valence electrons. The summed E-state index contributed by atoms with van der Waals surface area (Å²) in [7, 11) is 2.17. The molecule has 0 saturated heterocycles. The van der Waals surface area contributed by atoms with E-state index in [0.29, 0.717) is 6.04 Å². The number of hydrogen-bond acceptors (Lipinski definition) is 2. The number of unbranched alkanes of at least 4 members (excludes halogenated alkanes) is 1. The summed E-state index contributed by atoms with van der Waals surface area (Å²) in [5.41, 5.74) is 3.11. The third-order valence-corrected chi connectivity index (χ3v) is 3.76. The van der Waals surface area contributed by atoms with Crippen LogP contribution < -0.4 is 0 Å². The van der Waals surface area contributed by atoms with E-state index in [2.05, 4.69) is 37.3 Å². The average Bonchev–Trinajstić information content (AvgIpc) is 2.60. The Hall–Kier alpha value is -1.09. The smallest absolute Gasteiger partial charge is 0.151 e. The molecule has 0 spiro atoms. The zero-order chi connectivity index (χ0) is 13.7. The van der Waals surface area contributed by atoms with Crippen LogP contribution in [0.1, 0.15) is 48.4 Å². The van der Waals surface area contributed by atoms with E-state index in [0.717, 1.165) is 37.1 Å². The summed E-state index contributed by atoms with van der Waals surface area (Å²) in [4.78, 5) is 13.2. The van der Waals surface area contributed by atoms with Gasteiger partial charge in [0.15, 0.2) is 6.29 Å². The summed E-state index contributed by atoms with van der Waals surface area (Å²) < 4.78 is 2.25. The summed E-state index contributed by atoms with van der Waals surface area (Å²) >= 11 is 0. The van der Waals surface area contributed by atoms with Crippen LogP contribution in [0.25, 0.3) is 0 Å². The van der Waals surface area contributed by atoms with Gasteiger partial charge in [0, 0.05) is 29.5 Å². The molecule has 0 aliphatic rings. The number of rotatable bonds is 7. The van der Waals surface area contributed by atoms with Gasteiger partial charge in [-0.05, 0) is 60.2 Å². The van der Waals surface area contributed by atoms with E-state index in [1.807, 2.05) is 13.0 Å². The standard InChI is InChI=1S/C15H26N2O/c1-12(2)16(5)8-6-7-9-17-13(3)10-15(11-18)14(17)4/h10-12H,6-9H2,1-5H3. The average molecular weight is 250 g/mol. The lowest BCUT2D eigenvalue weighted by Gasteiger charge is -2.20. The van der Waals surface area contributed by atoms with Crippen molar-refractivity contribution in [3.8, 4) is 0 Å². The second-order valence-corrected chi connectivity index (χ2v) is 5.38. The number of aromatic nitrogens is 1. The van der Waals surface area contributed by atoms with Crippen molar-refractivity contribution in [1.82, 2.24) is 9.47 Å². The zero-order valence-corrected chi connectivity index (χ0v) is 12.4. The SMILES string of the molecule is Cc1cc(C=O)c(C)n1CCCCN(C)C(C)C. The molecule has 0 N–H and O–H groups in total. The van der Waals surface area contributed by atoms with Crippen LogP contribution in [0.4, 0.5) is 0 Å². The highest BCUT2D eigenvalue weighted by molar-refractivity contribution is 5.77. The molecule has 1 rings (SSSR count). The Bertz CT molecular complexity index is 393. The van der Waals surface area contributed by atoms with Crippen LogP contribution >= 0.6 is 0 Å². The number of hydrogen-bond donors (Lipinski definition) is 0. The maximum atomic E-state index is 10.9. The Labute approximate surface area is 111 Å². The number of aldehydes is 1. The summed E-state index contributed by atoms with van der Waals surface area (Å²) in [6, 6.07) is 2.59. The van der Waals surface area contributed by atoms with Crippen LogP contribution in [-0.2, 0) is 6.54 Å². The van der Waals surface area contributed by atoms with Gasteiger partial charge in [0.2, 0.25) is 0 Å². The topological polar surface area (TPSA) is 25.2 Å². The van der Waals surface area contributed by atoms with Gasteiger partial charge in [-0.15, -0.1) is 0 Å². The molecule has 1 aromatic rings. The molecule has 0 aromatic carbocycles. The first kappa shape index (κ1) is 15.0. The van der Waals surface area contributed by atoms with Crippen molar-refractivity contribution in [1.29, 1.82) is 0 Å². The highest BCUT2D eigenvalue weighted by Gasteiger charge is 2.08. The van der Waals surface area contributed by atoms with E-state index in [4.69, 9.17) is 0 Å². The van der Waals surface area contributed by atoms with Gasteiger partial charge < -0.3 is 9.47 Å². The monoisotopic (exact) mass is 250 g/mol. The van der Waals surface area contributed by atoms with Gasteiger partial charge in [-0.2, -0.15) is 0 Å². The van der Waals surface area contributed by atoms with E-state index in [1.165, 1.54) is 12.1 Å². The molecular weight excluding hydrogens is 224 g/mol. The summed E-state index contributed by atoms with van der Waals surface area (Å²) in [6.45, 7) is 10.7. The molecule has 0 bridgehead atoms. The van der Waals surface area contributed by atoms with Crippen molar-refractivity contribution in [2.24, 2.45) is 0 Å². The van der Waals surface area contributed by atoms with Gasteiger partial charge in [-0.3, -0.25) is 4.79 Å². The number of nitrogens with zero attached hydrogens (tertiary/aromatic N) is 2. The minimum atomic E-state index is 0.613. The quantitative estimate of drug-likeness (QED) is 0.549. The van der Waals surface area contributed by atoms with Crippen LogP contribution in [0.3, 0.4) is 0 Å². The highest BCUT2D eigenvalue weighted by atomic mass is 16.1. The molecule has 0 aliphatic carbocycles. The molecule has 0 fully saturated rings. The first-order valence-electron chi connectivity index (χ1n) is 6.79. The predicted molar refractivity (Wildman–Crippen MR) is 76.3 cm³/mol. The highest BCUT2D eigenvalue weighted by Crippen LogP contribution is 2.14. The molecule has 0 amide bonds. The Morgan fingerprint density at radius 1 is 1.33 bits per heavy atom. The maximum absolute atomic E-state index is 10.9. The van der Waals surface area contributed by atoms with E-state index in [9.17, 15) is 4.79 Å². The summed E-state index contributed by atoms with van der Waals surface area (Å²) in [5.74, 6) is 0. The van der Waals surface area contributed by atoms with Crippen LogP contribution in [0, 0.1) is 13.8 Å². The molecule has 18 heavy (non-hydrogen) atoms.